The summed E-state index contributed by atoms with van der Waals surface area (Å²) in [5.41, 5.74) is 8.23. The molecule has 1 fully saturated rings. The van der Waals surface area contributed by atoms with Crippen LogP contribution in [0, 0.1) is 11.3 Å². The van der Waals surface area contributed by atoms with Gasteiger partial charge in [0.25, 0.3) is 0 Å². The van der Waals surface area contributed by atoms with E-state index < -0.39 is 0 Å². The Morgan fingerprint density at radius 3 is 2.78 bits per heavy atom. The van der Waals surface area contributed by atoms with E-state index in [9.17, 15) is 5.26 Å². The third-order valence-electron chi connectivity index (χ3n) is 3.78. The van der Waals surface area contributed by atoms with Gasteiger partial charge in [0.05, 0.1) is 5.56 Å². The molecule has 0 spiro atoms. The highest BCUT2D eigenvalue weighted by atomic mass is 35.5. The first-order valence-electron chi connectivity index (χ1n) is 6.34. The lowest BCUT2D eigenvalue weighted by Crippen LogP contribution is -2.26. The van der Waals surface area contributed by atoms with E-state index in [0.717, 1.165) is 37.9 Å². The summed E-state index contributed by atoms with van der Waals surface area (Å²) in [5, 5.41) is 10.6. The molecule has 1 saturated heterocycles. The van der Waals surface area contributed by atoms with Crippen LogP contribution < -0.4 is 10.6 Å². The smallest absolute Gasteiger partial charge is 0.110 e. The zero-order valence-electron chi connectivity index (χ0n) is 10.3. The summed E-state index contributed by atoms with van der Waals surface area (Å²) in [6.45, 7) is 1.92. The standard InChI is InChI=1S/C13H17N3S.ClH/c14-7-11-10-3-1-2-4-12(10)17-13(11)16-6-5-9(15)8-16;/h9H,1-6,8,15H2;1H/t9-;/m0./s1. The molecule has 1 atom stereocenters. The van der Waals surface area contributed by atoms with Crippen LogP contribution in [0.15, 0.2) is 0 Å². The van der Waals surface area contributed by atoms with Gasteiger partial charge in [0.15, 0.2) is 0 Å². The lowest BCUT2D eigenvalue weighted by molar-refractivity contribution is 0.696. The Morgan fingerprint density at radius 1 is 1.33 bits per heavy atom. The molecule has 0 saturated carbocycles. The van der Waals surface area contributed by atoms with Crippen molar-refractivity contribution in [1.29, 1.82) is 5.26 Å². The Labute approximate surface area is 118 Å². The van der Waals surface area contributed by atoms with Crippen molar-refractivity contribution >= 4 is 28.7 Å². The number of aryl methyl sites for hydroxylation is 1. The van der Waals surface area contributed by atoms with Crippen LogP contribution in [0.3, 0.4) is 0 Å². The first-order valence-corrected chi connectivity index (χ1v) is 7.16. The number of anilines is 1. The van der Waals surface area contributed by atoms with E-state index in [4.69, 9.17) is 5.73 Å². The Kier molecular flexibility index (Phi) is 4.16. The van der Waals surface area contributed by atoms with Crippen LogP contribution in [0.2, 0.25) is 0 Å². The number of hydrogen-bond donors (Lipinski definition) is 1. The third-order valence-corrected chi connectivity index (χ3v) is 5.13. The second kappa shape index (κ2) is 5.48. The molecule has 0 amide bonds. The molecule has 1 aliphatic heterocycles. The summed E-state index contributed by atoms with van der Waals surface area (Å²) in [7, 11) is 0. The van der Waals surface area contributed by atoms with Gasteiger partial charge in [-0.15, -0.1) is 23.7 Å². The summed E-state index contributed by atoms with van der Waals surface area (Å²) in [5.74, 6) is 0. The minimum absolute atomic E-state index is 0. The third kappa shape index (κ3) is 2.23. The van der Waals surface area contributed by atoms with Gasteiger partial charge in [0.1, 0.15) is 11.1 Å². The second-order valence-corrected chi connectivity index (χ2v) is 6.08. The number of hydrogen-bond acceptors (Lipinski definition) is 4. The van der Waals surface area contributed by atoms with Gasteiger partial charge in [0.2, 0.25) is 0 Å². The monoisotopic (exact) mass is 283 g/mol. The first kappa shape index (κ1) is 13.7. The highest BCUT2D eigenvalue weighted by Crippen LogP contribution is 2.40. The highest BCUT2D eigenvalue weighted by Gasteiger charge is 2.27. The molecule has 1 aromatic rings. The van der Waals surface area contributed by atoms with Gasteiger partial charge in [-0.3, -0.25) is 0 Å². The lowest BCUT2D eigenvalue weighted by atomic mass is 9.96. The van der Waals surface area contributed by atoms with Crippen molar-refractivity contribution in [2.75, 3.05) is 18.0 Å². The number of nitrogens with zero attached hydrogens (tertiary/aromatic N) is 2. The van der Waals surface area contributed by atoms with Crippen LogP contribution in [0.25, 0.3) is 0 Å². The number of halogens is 1. The lowest BCUT2D eigenvalue weighted by Gasteiger charge is -2.16. The predicted molar refractivity (Wildman–Crippen MR) is 77.7 cm³/mol. The Bertz CT molecular complexity index is 477. The largest absolute Gasteiger partial charge is 0.361 e. The van der Waals surface area contributed by atoms with Crippen molar-refractivity contribution in [1.82, 2.24) is 0 Å². The van der Waals surface area contributed by atoms with Crippen molar-refractivity contribution in [2.24, 2.45) is 5.73 Å². The van der Waals surface area contributed by atoms with Crippen molar-refractivity contribution in [2.45, 2.75) is 38.1 Å². The van der Waals surface area contributed by atoms with Gasteiger partial charge in [-0.1, -0.05) is 0 Å². The molecule has 3 rings (SSSR count). The molecule has 0 unspecified atom stereocenters. The van der Waals surface area contributed by atoms with Crippen LogP contribution in [-0.4, -0.2) is 19.1 Å². The molecule has 1 aromatic heterocycles. The van der Waals surface area contributed by atoms with Gasteiger partial charge >= 0.3 is 0 Å². The number of nitrogens with two attached hydrogens (primary N) is 1. The summed E-state index contributed by atoms with van der Waals surface area (Å²) >= 11 is 1.83. The van der Waals surface area contributed by atoms with Crippen molar-refractivity contribution in [3.63, 3.8) is 0 Å². The van der Waals surface area contributed by atoms with E-state index in [-0.39, 0.29) is 18.4 Å². The van der Waals surface area contributed by atoms with E-state index in [1.165, 1.54) is 28.3 Å². The molecule has 2 N–H and O–H groups in total. The van der Waals surface area contributed by atoms with E-state index >= 15 is 0 Å². The van der Waals surface area contributed by atoms with E-state index in [1.807, 2.05) is 11.3 Å². The van der Waals surface area contributed by atoms with Crippen LogP contribution in [0.1, 0.15) is 35.3 Å². The van der Waals surface area contributed by atoms with Crippen molar-refractivity contribution in [3.8, 4) is 6.07 Å². The SMILES string of the molecule is Cl.N#Cc1c(N2CC[C@H](N)C2)sc2c1CCCC2. The molecule has 0 bridgehead atoms. The fourth-order valence-corrected chi connectivity index (χ4v) is 4.23. The summed E-state index contributed by atoms with van der Waals surface area (Å²) in [6.07, 6.45) is 5.81. The minimum atomic E-state index is 0. The Morgan fingerprint density at radius 2 is 2.11 bits per heavy atom. The molecule has 1 aliphatic carbocycles. The topological polar surface area (TPSA) is 53.0 Å². The van der Waals surface area contributed by atoms with Gasteiger partial charge in [-0.05, 0) is 37.7 Å². The Balaban J connectivity index is 0.00000120. The zero-order valence-corrected chi connectivity index (χ0v) is 11.9. The van der Waals surface area contributed by atoms with E-state index in [1.54, 1.807) is 0 Å². The maximum Gasteiger partial charge on any atom is 0.110 e. The first-order chi connectivity index (χ1) is 8.29. The van der Waals surface area contributed by atoms with Crippen LogP contribution in [0.5, 0.6) is 0 Å². The maximum atomic E-state index is 9.39. The molecule has 2 heterocycles. The second-order valence-electron chi connectivity index (χ2n) is 5.00. The molecule has 3 nitrogen and oxygen atoms in total. The number of nitriles is 1. The fraction of sp³-hybridized carbons (Fsp3) is 0.615. The Hall–Kier alpha value is -0.760. The van der Waals surface area contributed by atoms with Gasteiger partial charge in [0, 0.05) is 24.0 Å². The number of thiophene rings is 1. The molecular formula is C13H18ClN3S. The molecular weight excluding hydrogens is 266 g/mol. The zero-order chi connectivity index (χ0) is 11.8. The predicted octanol–water partition coefficient (Wildman–Crippen LogP) is 2.46. The van der Waals surface area contributed by atoms with Gasteiger partial charge in [-0.2, -0.15) is 5.26 Å². The molecule has 5 heteroatoms. The summed E-state index contributed by atoms with van der Waals surface area (Å²) in [6, 6.07) is 2.70. The minimum Gasteiger partial charge on any atom is -0.361 e. The van der Waals surface area contributed by atoms with E-state index in [2.05, 4.69) is 11.0 Å². The van der Waals surface area contributed by atoms with Crippen molar-refractivity contribution < 1.29 is 0 Å². The fourth-order valence-electron chi connectivity index (χ4n) is 2.86. The summed E-state index contributed by atoms with van der Waals surface area (Å²) < 4.78 is 0. The molecule has 2 aliphatic rings. The average Bonchev–Trinajstić information content (AvgIpc) is 2.91. The maximum absolute atomic E-state index is 9.39. The van der Waals surface area contributed by atoms with Gasteiger partial charge < -0.3 is 10.6 Å². The van der Waals surface area contributed by atoms with Crippen LogP contribution >= 0.6 is 23.7 Å². The van der Waals surface area contributed by atoms with E-state index in [0.29, 0.717) is 0 Å². The van der Waals surface area contributed by atoms with Crippen molar-refractivity contribution in [3.05, 3.63) is 16.0 Å². The number of rotatable bonds is 1. The molecule has 0 radical (unpaired) electrons. The highest BCUT2D eigenvalue weighted by molar-refractivity contribution is 7.16. The van der Waals surface area contributed by atoms with Crippen LogP contribution in [-0.2, 0) is 12.8 Å². The van der Waals surface area contributed by atoms with Gasteiger partial charge in [-0.25, -0.2) is 0 Å². The normalized spacial score (nSPS) is 22.2. The quantitative estimate of drug-likeness (QED) is 0.861. The molecule has 98 valence electrons. The number of fused-ring (bicyclic) bond motifs is 1. The molecule has 0 aromatic carbocycles. The van der Waals surface area contributed by atoms with Crippen LogP contribution in [0.4, 0.5) is 5.00 Å². The summed E-state index contributed by atoms with van der Waals surface area (Å²) in [4.78, 5) is 3.76. The average molecular weight is 284 g/mol. The molecule has 18 heavy (non-hydrogen) atoms.